The molecule has 9 heavy (non-hydrogen) atoms. The van der Waals surface area contributed by atoms with E-state index in [2.05, 4.69) is 25.8 Å². The Kier molecular flexibility index (Phi) is 4.37. The minimum Gasteiger partial charge on any atom is -0.252 e. The third kappa shape index (κ3) is 4.19. The zero-order chi connectivity index (χ0) is 7.28. The first kappa shape index (κ1) is 8.67. The summed E-state index contributed by atoms with van der Waals surface area (Å²) in [4.78, 5) is 3.20. The molecule has 1 unspecified atom stereocenters. The summed E-state index contributed by atoms with van der Waals surface area (Å²) in [6.45, 7) is 9.90. The summed E-state index contributed by atoms with van der Waals surface area (Å²) in [5, 5.41) is 0. The molecule has 0 bridgehead atoms. The van der Waals surface area contributed by atoms with E-state index in [1.54, 1.807) is 0 Å². The third-order valence-electron chi connectivity index (χ3n) is 1.78. The highest BCUT2D eigenvalue weighted by molar-refractivity contribution is 5.45. The fraction of sp³-hybridized carbons (Fsp3) is 0.875. The van der Waals surface area contributed by atoms with Crippen molar-refractivity contribution in [2.75, 3.05) is 6.54 Å². The first-order valence-corrected chi connectivity index (χ1v) is 3.69. The van der Waals surface area contributed by atoms with Crippen molar-refractivity contribution in [3.63, 3.8) is 0 Å². The van der Waals surface area contributed by atoms with E-state index < -0.39 is 0 Å². The molecule has 0 amide bonds. The monoisotopic (exact) mass is 128 g/mol. The van der Waals surface area contributed by atoms with Crippen molar-refractivity contribution < 1.29 is 4.99 Å². The Hall–Kier alpha value is -0.330. The maximum atomic E-state index is 3.20. The normalized spacial score (nSPS) is 15.2. The predicted octanol–water partition coefficient (Wildman–Crippen LogP) is 0.450. The van der Waals surface area contributed by atoms with Crippen molar-refractivity contribution in [3.8, 4) is 0 Å². The van der Waals surface area contributed by atoms with E-state index in [9.17, 15) is 0 Å². The van der Waals surface area contributed by atoms with E-state index >= 15 is 0 Å². The van der Waals surface area contributed by atoms with Crippen molar-refractivity contribution >= 4 is 6.21 Å². The molecule has 1 atom stereocenters. The van der Waals surface area contributed by atoms with E-state index in [0.29, 0.717) is 0 Å². The Bertz CT molecular complexity index is 84.6. The molecular formula is C8H18N+. The largest absolute Gasteiger partial charge is 0.252 e. The number of hydrogen-bond donors (Lipinski definition) is 1. The van der Waals surface area contributed by atoms with Gasteiger partial charge in [-0.3, -0.25) is 4.99 Å². The van der Waals surface area contributed by atoms with Gasteiger partial charge in [-0.1, -0.05) is 20.8 Å². The zero-order valence-corrected chi connectivity index (χ0v) is 6.94. The summed E-state index contributed by atoms with van der Waals surface area (Å²) in [5.74, 6) is 1.57. The minimum absolute atomic E-state index is 0.779. The molecule has 0 aliphatic heterocycles. The lowest BCUT2D eigenvalue weighted by atomic mass is 9.99. The summed E-state index contributed by atoms with van der Waals surface area (Å²) in [7, 11) is 0. The van der Waals surface area contributed by atoms with Gasteiger partial charge in [-0.25, -0.2) is 0 Å². The summed E-state index contributed by atoms with van der Waals surface area (Å²) in [6, 6.07) is 0. The fourth-order valence-corrected chi connectivity index (χ4v) is 0.539. The molecule has 0 aromatic carbocycles. The van der Waals surface area contributed by atoms with Gasteiger partial charge in [-0.15, -0.1) is 0 Å². The van der Waals surface area contributed by atoms with Crippen LogP contribution in [0.2, 0.25) is 0 Å². The van der Waals surface area contributed by atoms with Crippen LogP contribution in [0.15, 0.2) is 0 Å². The van der Waals surface area contributed by atoms with Crippen LogP contribution in [0.25, 0.3) is 0 Å². The van der Waals surface area contributed by atoms with Crippen LogP contribution in [-0.4, -0.2) is 12.8 Å². The van der Waals surface area contributed by atoms with Crippen LogP contribution in [0.5, 0.6) is 0 Å². The van der Waals surface area contributed by atoms with E-state index in [0.717, 1.165) is 18.4 Å². The van der Waals surface area contributed by atoms with Crippen LogP contribution in [0.3, 0.4) is 0 Å². The molecule has 0 heterocycles. The molecule has 0 aromatic heterocycles. The topological polar surface area (TPSA) is 14.0 Å². The highest BCUT2D eigenvalue weighted by atomic mass is 14.7. The molecule has 0 radical (unpaired) electrons. The average Bonchev–Trinajstić information content (AvgIpc) is 1.82. The molecule has 0 spiro atoms. The fourth-order valence-electron chi connectivity index (χ4n) is 0.539. The van der Waals surface area contributed by atoms with Gasteiger partial charge in [0.25, 0.3) is 0 Å². The molecular weight excluding hydrogens is 110 g/mol. The van der Waals surface area contributed by atoms with Crippen LogP contribution < -0.4 is 4.99 Å². The molecule has 0 fully saturated rings. The summed E-state index contributed by atoms with van der Waals surface area (Å²) in [6.07, 6.45) is 2.00. The molecule has 0 saturated heterocycles. The molecule has 1 nitrogen and oxygen atoms in total. The molecule has 1 N–H and O–H groups in total. The van der Waals surface area contributed by atoms with Gasteiger partial charge in [0.15, 0.2) is 0 Å². The lowest BCUT2D eigenvalue weighted by Gasteiger charge is -2.07. The lowest BCUT2D eigenvalue weighted by Crippen LogP contribution is -2.70. The van der Waals surface area contributed by atoms with Gasteiger partial charge in [-0.2, -0.15) is 0 Å². The van der Waals surface area contributed by atoms with Crippen molar-refractivity contribution in [2.24, 2.45) is 11.8 Å². The Morgan fingerprint density at radius 1 is 1.33 bits per heavy atom. The van der Waals surface area contributed by atoms with E-state index in [-0.39, 0.29) is 0 Å². The maximum absolute atomic E-state index is 3.20. The van der Waals surface area contributed by atoms with Crippen molar-refractivity contribution in [3.05, 3.63) is 0 Å². The third-order valence-corrected chi connectivity index (χ3v) is 1.78. The number of nitrogens with one attached hydrogen (secondary N) is 1. The maximum Gasteiger partial charge on any atom is 0.143 e. The Balaban J connectivity index is 3.38. The van der Waals surface area contributed by atoms with Crippen LogP contribution in [-0.2, 0) is 0 Å². The second-order valence-electron chi connectivity index (χ2n) is 2.92. The van der Waals surface area contributed by atoms with Gasteiger partial charge in [0.2, 0.25) is 0 Å². The van der Waals surface area contributed by atoms with Crippen LogP contribution in [0, 0.1) is 11.8 Å². The summed E-state index contributed by atoms with van der Waals surface area (Å²) in [5.41, 5.74) is 0. The quantitative estimate of drug-likeness (QED) is 0.530. The van der Waals surface area contributed by atoms with Crippen LogP contribution in [0.1, 0.15) is 27.7 Å². The lowest BCUT2D eigenvalue weighted by molar-refractivity contribution is -0.462. The van der Waals surface area contributed by atoms with Gasteiger partial charge in [-0.05, 0) is 5.92 Å². The van der Waals surface area contributed by atoms with E-state index in [4.69, 9.17) is 0 Å². The van der Waals surface area contributed by atoms with Gasteiger partial charge in [0, 0.05) is 12.8 Å². The highest BCUT2D eigenvalue weighted by Gasteiger charge is 2.07. The first-order valence-electron chi connectivity index (χ1n) is 3.69. The van der Waals surface area contributed by atoms with Gasteiger partial charge in [0.1, 0.15) is 12.8 Å². The summed E-state index contributed by atoms with van der Waals surface area (Å²) >= 11 is 0. The first-order chi connectivity index (χ1) is 4.18. The minimum atomic E-state index is 0.779. The molecule has 0 aromatic rings. The Morgan fingerprint density at radius 3 is 2.22 bits per heavy atom. The Morgan fingerprint density at radius 2 is 1.89 bits per heavy atom. The van der Waals surface area contributed by atoms with Crippen LogP contribution >= 0.6 is 0 Å². The van der Waals surface area contributed by atoms with Crippen molar-refractivity contribution in [2.45, 2.75) is 27.7 Å². The molecule has 1 heteroatoms. The van der Waals surface area contributed by atoms with Gasteiger partial charge >= 0.3 is 0 Å². The summed E-state index contributed by atoms with van der Waals surface area (Å²) < 4.78 is 0. The highest BCUT2D eigenvalue weighted by Crippen LogP contribution is 2.05. The predicted molar refractivity (Wildman–Crippen MR) is 41.6 cm³/mol. The van der Waals surface area contributed by atoms with E-state index in [1.165, 1.54) is 0 Å². The van der Waals surface area contributed by atoms with Crippen molar-refractivity contribution in [1.29, 1.82) is 0 Å². The van der Waals surface area contributed by atoms with E-state index in [1.807, 2.05) is 13.1 Å². The molecule has 0 rings (SSSR count). The molecule has 0 aliphatic carbocycles. The molecule has 0 aliphatic rings. The van der Waals surface area contributed by atoms with Crippen LogP contribution in [0.4, 0.5) is 0 Å². The standard InChI is InChI=1S/C8H17N/c1-5-9-6-8(4)7(2)3/h5,7-8H,6H2,1-4H3/p+1. The van der Waals surface area contributed by atoms with Gasteiger partial charge in [0.05, 0.1) is 0 Å². The Labute approximate surface area is 58.2 Å². The average molecular weight is 128 g/mol. The zero-order valence-electron chi connectivity index (χ0n) is 6.94. The molecule has 0 saturated carbocycles. The second kappa shape index (κ2) is 4.54. The smallest absolute Gasteiger partial charge is 0.143 e. The number of rotatable bonds is 3. The molecule has 54 valence electrons. The second-order valence-corrected chi connectivity index (χ2v) is 2.92. The van der Waals surface area contributed by atoms with Crippen molar-refractivity contribution in [1.82, 2.24) is 0 Å². The SMILES string of the molecule is CC=[NH+]CC(C)C(C)C. The van der Waals surface area contributed by atoms with Gasteiger partial charge < -0.3 is 0 Å². The number of hydrogen-bond acceptors (Lipinski definition) is 0.